The Morgan fingerprint density at radius 2 is 0.800 bits per heavy atom. The van der Waals surface area contributed by atoms with Gasteiger partial charge in [-0.15, -0.1) is 0 Å². The van der Waals surface area contributed by atoms with Gasteiger partial charge in [-0.1, -0.05) is 78.6 Å². The van der Waals surface area contributed by atoms with Crippen LogP contribution in [0.3, 0.4) is 0 Å². The van der Waals surface area contributed by atoms with E-state index in [1.165, 1.54) is 57.8 Å². The van der Waals surface area contributed by atoms with Crippen molar-refractivity contribution in [3.8, 4) is 0 Å². The van der Waals surface area contributed by atoms with Gasteiger partial charge in [-0.05, 0) is 17.8 Å². The molecule has 0 heteroatoms. The standard InChI is InChI=1S/C6H12.C5H10.C4H8/c1-6-4-2-3-5-6;1-5-3-2-4-5;1-4-2-3-4/h6H,2-5H2,1H3;5H,2-4H2,1H3;4H,2-3H2,1H3. The van der Waals surface area contributed by atoms with Crippen LogP contribution in [0.2, 0.25) is 0 Å². The van der Waals surface area contributed by atoms with Crippen LogP contribution >= 0.6 is 0 Å². The first-order chi connectivity index (χ1) is 7.18. The molecular formula is C15H30. The molecule has 3 aliphatic rings. The summed E-state index contributed by atoms with van der Waals surface area (Å²) in [6.07, 6.45) is 13.4. The minimum Gasteiger partial charge on any atom is -0.0625 e. The number of hydrogen-bond acceptors (Lipinski definition) is 0. The molecule has 0 amide bonds. The van der Waals surface area contributed by atoms with Crippen LogP contribution in [-0.4, -0.2) is 0 Å². The molecular weight excluding hydrogens is 180 g/mol. The fourth-order valence-corrected chi connectivity index (χ4v) is 1.91. The topological polar surface area (TPSA) is 0 Å². The normalized spacial score (nSPS) is 25.8. The highest BCUT2D eigenvalue weighted by Crippen LogP contribution is 2.26. The van der Waals surface area contributed by atoms with Gasteiger partial charge in [0.05, 0.1) is 0 Å². The van der Waals surface area contributed by atoms with E-state index in [0.29, 0.717) is 0 Å². The van der Waals surface area contributed by atoms with E-state index in [4.69, 9.17) is 0 Å². The molecule has 0 radical (unpaired) electrons. The Morgan fingerprint density at radius 1 is 0.467 bits per heavy atom. The SMILES string of the molecule is CC1CC1.CC1CCC1.CC1CCCC1. The Labute approximate surface area is 96.8 Å². The van der Waals surface area contributed by atoms with Gasteiger partial charge in [-0.25, -0.2) is 0 Å². The molecule has 0 N–H and O–H groups in total. The predicted molar refractivity (Wildman–Crippen MR) is 69.0 cm³/mol. The highest BCUT2D eigenvalue weighted by atomic mass is 14.2. The lowest BCUT2D eigenvalue weighted by atomic mass is 9.88. The van der Waals surface area contributed by atoms with E-state index >= 15 is 0 Å². The summed E-state index contributed by atoms with van der Waals surface area (Å²) < 4.78 is 0. The second-order valence-electron chi connectivity index (χ2n) is 6.11. The first-order valence-electron chi connectivity index (χ1n) is 7.18. The van der Waals surface area contributed by atoms with E-state index in [-0.39, 0.29) is 0 Å². The number of hydrogen-bond donors (Lipinski definition) is 0. The molecule has 0 atom stereocenters. The Kier molecular flexibility index (Phi) is 6.36. The first kappa shape index (κ1) is 13.1. The van der Waals surface area contributed by atoms with E-state index < -0.39 is 0 Å². The maximum atomic E-state index is 2.34. The third kappa shape index (κ3) is 7.88. The van der Waals surface area contributed by atoms with Crippen LogP contribution < -0.4 is 0 Å². The molecule has 3 rings (SSSR count). The van der Waals surface area contributed by atoms with Gasteiger partial charge in [0.15, 0.2) is 0 Å². The van der Waals surface area contributed by atoms with E-state index in [9.17, 15) is 0 Å². The quantitative estimate of drug-likeness (QED) is 0.501. The van der Waals surface area contributed by atoms with Crippen molar-refractivity contribution in [2.75, 3.05) is 0 Å². The molecule has 0 heterocycles. The summed E-state index contributed by atoms with van der Waals surface area (Å²) in [7, 11) is 0. The molecule has 90 valence electrons. The summed E-state index contributed by atoms with van der Waals surface area (Å²) in [5.74, 6) is 3.19. The second kappa shape index (κ2) is 7.30. The fraction of sp³-hybridized carbons (Fsp3) is 1.00. The summed E-state index contributed by atoms with van der Waals surface area (Å²) in [6, 6.07) is 0. The summed E-state index contributed by atoms with van der Waals surface area (Å²) >= 11 is 0. The van der Waals surface area contributed by atoms with Gasteiger partial charge < -0.3 is 0 Å². The first-order valence-corrected chi connectivity index (χ1v) is 7.18. The van der Waals surface area contributed by atoms with Crippen LogP contribution in [0.15, 0.2) is 0 Å². The maximum Gasteiger partial charge on any atom is -0.0443 e. The predicted octanol–water partition coefficient (Wildman–Crippen LogP) is 5.42. The summed E-state index contributed by atoms with van der Waals surface area (Å²) in [4.78, 5) is 0. The average molecular weight is 210 g/mol. The monoisotopic (exact) mass is 210 g/mol. The van der Waals surface area contributed by atoms with Gasteiger partial charge in [0.25, 0.3) is 0 Å². The highest BCUT2D eigenvalue weighted by Gasteiger charge is 2.12. The van der Waals surface area contributed by atoms with Gasteiger partial charge in [0.1, 0.15) is 0 Å². The third-order valence-electron chi connectivity index (χ3n) is 3.90. The minimum atomic E-state index is 1.05. The molecule has 3 saturated carbocycles. The summed E-state index contributed by atoms with van der Waals surface area (Å²) in [5, 5.41) is 0. The number of rotatable bonds is 0. The highest BCUT2D eigenvalue weighted by molar-refractivity contribution is 4.65. The molecule has 0 saturated heterocycles. The van der Waals surface area contributed by atoms with Crippen molar-refractivity contribution < 1.29 is 0 Å². The Hall–Kier alpha value is 0. The minimum absolute atomic E-state index is 1.05. The van der Waals surface area contributed by atoms with Crippen molar-refractivity contribution in [1.82, 2.24) is 0 Å². The van der Waals surface area contributed by atoms with Crippen LogP contribution in [-0.2, 0) is 0 Å². The van der Waals surface area contributed by atoms with Crippen molar-refractivity contribution in [1.29, 1.82) is 0 Å². The third-order valence-corrected chi connectivity index (χ3v) is 3.90. The molecule has 0 spiro atoms. The largest absolute Gasteiger partial charge is 0.0625 e. The fourth-order valence-electron chi connectivity index (χ4n) is 1.91. The zero-order valence-corrected chi connectivity index (χ0v) is 11.1. The lowest BCUT2D eigenvalue weighted by Crippen LogP contribution is -2.04. The van der Waals surface area contributed by atoms with Gasteiger partial charge in [0, 0.05) is 0 Å². The van der Waals surface area contributed by atoms with Gasteiger partial charge in [0.2, 0.25) is 0 Å². The Morgan fingerprint density at radius 3 is 0.867 bits per heavy atom. The smallest absolute Gasteiger partial charge is 0.0443 e. The average Bonchev–Trinajstić information content (AvgIpc) is 2.79. The van der Waals surface area contributed by atoms with Crippen LogP contribution in [0.25, 0.3) is 0 Å². The maximum absolute atomic E-state index is 2.34. The molecule has 3 aliphatic carbocycles. The van der Waals surface area contributed by atoms with Crippen molar-refractivity contribution >= 4 is 0 Å². The summed E-state index contributed by atoms with van der Waals surface area (Å²) in [5.41, 5.74) is 0. The van der Waals surface area contributed by atoms with E-state index in [1.807, 2.05) is 0 Å². The molecule has 0 nitrogen and oxygen atoms in total. The van der Waals surface area contributed by atoms with Crippen LogP contribution in [0.4, 0.5) is 0 Å². The van der Waals surface area contributed by atoms with Gasteiger partial charge >= 0.3 is 0 Å². The Bertz CT molecular complexity index is 136. The second-order valence-corrected chi connectivity index (χ2v) is 6.11. The van der Waals surface area contributed by atoms with Crippen molar-refractivity contribution in [2.24, 2.45) is 17.8 Å². The molecule has 0 bridgehead atoms. The molecule has 0 aliphatic heterocycles. The van der Waals surface area contributed by atoms with E-state index in [0.717, 1.165) is 17.8 Å². The molecule has 0 aromatic rings. The van der Waals surface area contributed by atoms with Crippen molar-refractivity contribution in [2.45, 2.75) is 78.6 Å². The lowest BCUT2D eigenvalue weighted by Gasteiger charge is -2.18. The van der Waals surface area contributed by atoms with Crippen molar-refractivity contribution in [3.63, 3.8) is 0 Å². The molecule has 0 unspecified atom stereocenters. The Balaban J connectivity index is 0.000000115. The van der Waals surface area contributed by atoms with Crippen LogP contribution in [0, 0.1) is 17.8 Å². The van der Waals surface area contributed by atoms with Gasteiger partial charge in [-0.3, -0.25) is 0 Å². The zero-order valence-electron chi connectivity index (χ0n) is 11.1. The molecule has 3 fully saturated rings. The van der Waals surface area contributed by atoms with Crippen LogP contribution in [0.1, 0.15) is 78.6 Å². The summed E-state index contributed by atoms with van der Waals surface area (Å²) in [6.45, 7) is 6.93. The van der Waals surface area contributed by atoms with Gasteiger partial charge in [-0.2, -0.15) is 0 Å². The molecule has 0 aromatic heterocycles. The zero-order chi connectivity index (χ0) is 11.1. The van der Waals surface area contributed by atoms with E-state index in [2.05, 4.69) is 20.8 Å². The lowest BCUT2D eigenvalue weighted by molar-refractivity contribution is 0.346. The molecule has 0 aromatic carbocycles. The van der Waals surface area contributed by atoms with Crippen LogP contribution in [0.5, 0.6) is 0 Å². The van der Waals surface area contributed by atoms with Crippen molar-refractivity contribution in [3.05, 3.63) is 0 Å². The van der Waals surface area contributed by atoms with E-state index in [1.54, 1.807) is 0 Å². The molecule has 15 heavy (non-hydrogen) atoms.